The van der Waals surface area contributed by atoms with Crippen LogP contribution in [0.2, 0.25) is 5.02 Å². The highest BCUT2D eigenvalue weighted by Crippen LogP contribution is 2.40. The number of nitrogens with zero attached hydrogens (tertiary/aromatic N) is 5. The molecule has 6 rings (SSSR count). The van der Waals surface area contributed by atoms with Crippen molar-refractivity contribution in [3.63, 3.8) is 0 Å². The molecule has 1 N–H and O–H groups in total. The summed E-state index contributed by atoms with van der Waals surface area (Å²) in [4.78, 5) is 35.4. The Morgan fingerprint density at radius 2 is 1.77 bits per heavy atom. The predicted octanol–water partition coefficient (Wildman–Crippen LogP) is 6.89. The molecule has 0 spiro atoms. The number of methoxy groups -OCH3 is 2. The molecule has 0 bridgehead atoms. The summed E-state index contributed by atoms with van der Waals surface area (Å²) < 4.78 is 18.4. The largest absolute Gasteiger partial charge is 0.496 e. The van der Waals surface area contributed by atoms with Crippen molar-refractivity contribution in [2.45, 2.75) is 57.9 Å². The molecule has 11 nitrogen and oxygen atoms in total. The summed E-state index contributed by atoms with van der Waals surface area (Å²) >= 11 is 7.12. The van der Waals surface area contributed by atoms with Crippen molar-refractivity contribution in [3.05, 3.63) is 83.1 Å². The fourth-order valence-corrected chi connectivity index (χ4v) is 6.13. The number of amides is 1. The van der Waals surface area contributed by atoms with Crippen LogP contribution in [0.15, 0.2) is 67.0 Å². The van der Waals surface area contributed by atoms with E-state index in [1.807, 2.05) is 69.3 Å². The molecule has 3 aromatic heterocycles. The lowest BCUT2D eigenvalue weighted by atomic mass is 9.88. The summed E-state index contributed by atoms with van der Waals surface area (Å²) in [6, 6.07) is 16.8. The third-order valence-corrected chi connectivity index (χ3v) is 8.66. The number of fused-ring (bicyclic) bond motifs is 1. The number of aliphatic hydroxyl groups is 1. The second-order valence-electron chi connectivity index (χ2n) is 12.6. The monoisotopic (exact) mass is 669 g/mol. The van der Waals surface area contributed by atoms with Gasteiger partial charge in [0.05, 0.1) is 54.9 Å². The normalized spacial score (nSPS) is 15.9. The molecule has 48 heavy (non-hydrogen) atoms. The van der Waals surface area contributed by atoms with Crippen molar-refractivity contribution < 1.29 is 28.9 Å². The van der Waals surface area contributed by atoms with Gasteiger partial charge in [-0.2, -0.15) is 5.10 Å². The van der Waals surface area contributed by atoms with Crippen LogP contribution in [0.5, 0.6) is 11.6 Å². The van der Waals surface area contributed by atoms with Crippen LogP contribution >= 0.6 is 11.6 Å². The molecule has 5 aromatic rings. The Balaban J connectivity index is 1.33. The molecule has 0 aliphatic heterocycles. The smallest absolute Gasteiger partial charge is 0.410 e. The second kappa shape index (κ2) is 13.2. The summed E-state index contributed by atoms with van der Waals surface area (Å²) in [6.07, 6.45) is 3.98. The number of benzene rings is 2. The first-order valence-electron chi connectivity index (χ1n) is 15.5. The molecule has 1 fully saturated rings. The average Bonchev–Trinajstić information content (AvgIpc) is 3.49. The number of rotatable bonds is 9. The van der Waals surface area contributed by atoms with Crippen LogP contribution < -0.4 is 9.47 Å². The minimum absolute atomic E-state index is 0.147. The van der Waals surface area contributed by atoms with E-state index >= 15 is 0 Å². The lowest BCUT2D eigenvalue weighted by Crippen LogP contribution is -2.50. The number of pyridine rings is 2. The topological polar surface area (TPSA) is 129 Å². The van der Waals surface area contributed by atoms with Crippen molar-refractivity contribution in [2.24, 2.45) is 0 Å². The molecule has 1 aliphatic rings. The molecule has 1 saturated carbocycles. The molecule has 2 aromatic carbocycles. The summed E-state index contributed by atoms with van der Waals surface area (Å²) in [5, 5.41) is 15.9. The van der Waals surface area contributed by atoms with Gasteiger partial charge in [0.1, 0.15) is 11.4 Å². The van der Waals surface area contributed by atoms with Crippen molar-refractivity contribution in [2.75, 3.05) is 14.2 Å². The number of hydrogen-bond donors (Lipinski definition) is 1. The zero-order valence-corrected chi connectivity index (χ0v) is 28.1. The number of aldehydes is 1. The molecule has 0 radical (unpaired) electrons. The molecular formula is C36H36ClN5O6. The molecule has 12 heteroatoms. The van der Waals surface area contributed by atoms with E-state index in [9.17, 15) is 14.7 Å². The van der Waals surface area contributed by atoms with E-state index in [1.165, 1.54) is 20.4 Å². The summed E-state index contributed by atoms with van der Waals surface area (Å²) in [5.41, 5.74) is 4.11. The Hall–Kier alpha value is -5.00. The number of carbonyl (C=O) groups is 2. The Kier molecular flexibility index (Phi) is 9.09. The number of hydrogen-bond acceptors (Lipinski definition) is 9. The Bertz CT molecular complexity index is 2000. The Morgan fingerprint density at radius 1 is 1.04 bits per heavy atom. The van der Waals surface area contributed by atoms with E-state index in [0.29, 0.717) is 64.0 Å². The molecule has 1 aliphatic carbocycles. The van der Waals surface area contributed by atoms with Gasteiger partial charge in [0.2, 0.25) is 5.88 Å². The Morgan fingerprint density at radius 3 is 2.46 bits per heavy atom. The van der Waals surface area contributed by atoms with Crippen molar-refractivity contribution >= 4 is 34.9 Å². The van der Waals surface area contributed by atoms with E-state index in [0.717, 1.165) is 22.0 Å². The highest BCUT2D eigenvalue weighted by molar-refractivity contribution is 6.36. The highest BCUT2D eigenvalue weighted by Gasteiger charge is 2.37. The SMILES string of the molecule is COc1cc(-n2ncc3c(-c4cccc(-c5ccc(CN(C(=O)OC(C)(C)C)C6CC(O)C6)c(OC)n5)c4Cl)cccc32)ncc1C=O. The average molecular weight is 670 g/mol. The van der Waals surface area contributed by atoms with E-state index in [2.05, 4.69) is 10.1 Å². The predicted molar refractivity (Wildman–Crippen MR) is 182 cm³/mol. The van der Waals surface area contributed by atoms with E-state index < -0.39 is 17.8 Å². The van der Waals surface area contributed by atoms with Crippen LogP contribution in [0.1, 0.15) is 49.5 Å². The number of ether oxygens (including phenoxy) is 3. The minimum Gasteiger partial charge on any atom is -0.496 e. The standard InChI is InChI=1S/C36H36ClN5O6/c1-36(2,3)48-35(45)41(23-14-24(44)15-23)19-21-12-13-29(40-34(21)47-5)27-10-6-9-26(33(27)37)25-8-7-11-30-28(25)18-39-42(30)32-16-31(46-4)22(20-43)17-38-32/h6-13,16-18,20,23-24,44H,14-15,19H2,1-5H3. The number of halogens is 1. The van der Waals surface area contributed by atoms with Crippen LogP contribution in [0.4, 0.5) is 4.79 Å². The van der Waals surface area contributed by atoms with Gasteiger partial charge in [0.15, 0.2) is 12.1 Å². The molecular weight excluding hydrogens is 634 g/mol. The molecule has 0 unspecified atom stereocenters. The zero-order chi connectivity index (χ0) is 34.2. The van der Waals surface area contributed by atoms with Crippen LogP contribution in [-0.2, 0) is 11.3 Å². The fraction of sp³-hybridized carbons (Fsp3) is 0.306. The molecule has 248 valence electrons. The molecule has 1 amide bonds. The first-order valence-corrected chi connectivity index (χ1v) is 15.9. The first kappa shape index (κ1) is 32.9. The van der Waals surface area contributed by atoms with Gasteiger partial charge in [0, 0.05) is 40.4 Å². The van der Waals surface area contributed by atoms with Gasteiger partial charge in [-0.05, 0) is 57.4 Å². The summed E-state index contributed by atoms with van der Waals surface area (Å²) in [5.74, 6) is 1.26. The number of carbonyl (C=O) groups excluding carboxylic acids is 2. The third-order valence-electron chi connectivity index (χ3n) is 8.25. The Labute approximate surface area is 283 Å². The van der Waals surface area contributed by atoms with Gasteiger partial charge in [-0.15, -0.1) is 0 Å². The minimum atomic E-state index is -0.665. The van der Waals surface area contributed by atoms with Gasteiger partial charge in [-0.1, -0.05) is 41.9 Å². The summed E-state index contributed by atoms with van der Waals surface area (Å²) in [7, 11) is 3.03. The molecule has 0 saturated heterocycles. The van der Waals surface area contributed by atoms with E-state index in [-0.39, 0.29) is 12.6 Å². The first-order chi connectivity index (χ1) is 23.0. The highest BCUT2D eigenvalue weighted by atomic mass is 35.5. The number of aliphatic hydroxyl groups excluding tert-OH is 1. The van der Waals surface area contributed by atoms with Crippen LogP contribution in [0, 0.1) is 0 Å². The van der Waals surface area contributed by atoms with Gasteiger partial charge in [-0.25, -0.2) is 19.4 Å². The number of aromatic nitrogens is 4. The van der Waals surface area contributed by atoms with Gasteiger partial charge >= 0.3 is 6.09 Å². The third kappa shape index (κ3) is 6.43. The lowest BCUT2D eigenvalue weighted by Gasteiger charge is -2.41. The van der Waals surface area contributed by atoms with Crippen LogP contribution in [0.25, 0.3) is 39.1 Å². The maximum atomic E-state index is 13.2. The van der Waals surface area contributed by atoms with Crippen LogP contribution in [-0.4, -0.2) is 74.1 Å². The van der Waals surface area contributed by atoms with Crippen molar-refractivity contribution in [1.82, 2.24) is 24.6 Å². The van der Waals surface area contributed by atoms with E-state index in [1.54, 1.807) is 21.8 Å². The van der Waals surface area contributed by atoms with Gasteiger partial charge in [-0.3, -0.25) is 4.79 Å². The lowest BCUT2D eigenvalue weighted by molar-refractivity contribution is -0.0271. The fourth-order valence-electron chi connectivity index (χ4n) is 5.80. The maximum absolute atomic E-state index is 13.2. The second-order valence-corrected chi connectivity index (χ2v) is 13.0. The maximum Gasteiger partial charge on any atom is 0.410 e. The molecule has 3 heterocycles. The zero-order valence-electron chi connectivity index (χ0n) is 27.3. The van der Waals surface area contributed by atoms with Gasteiger partial charge in [0.25, 0.3) is 0 Å². The van der Waals surface area contributed by atoms with Crippen molar-refractivity contribution in [1.29, 1.82) is 0 Å². The molecule has 0 atom stereocenters. The van der Waals surface area contributed by atoms with Crippen LogP contribution in [0.3, 0.4) is 0 Å². The van der Waals surface area contributed by atoms with Gasteiger partial charge < -0.3 is 24.2 Å². The van der Waals surface area contributed by atoms with E-state index in [4.69, 9.17) is 30.8 Å². The van der Waals surface area contributed by atoms with Crippen molar-refractivity contribution in [3.8, 4) is 39.8 Å². The summed E-state index contributed by atoms with van der Waals surface area (Å²) in [6.45, 7) is 5.68. The quantitative estimate of drug-likeness (QED) is 0.167.